The number of sulfonamides is 3. The number of fused-ring (bicyclic) bond motifs is 4. The molecular formula is C69H90Cl3N9O7S3. The van der Waals surface area contributed by atoms with Gasteiger partial charge in [-0.2, -0.15) is 0 Å². The normalized spacial score (nSPS) is 19.5. The van der Waals surface area contributed by atoms with Gasteiger partial charge in [-0.25, -0.2) is 38.2 Å². The van der Waals surface area contributed by atoms with E-state index in [1.807, 2.05) is 73.0 Å². The molecule has 0 bridgehead atoms. The van der Waals surface area contributed by atoms with Crippen molar-refractivity contribution in [3.63, 3.8) is 0 Å². The molecule has 0 unspecified atom stereocenters. The van der Waals surface area contributed by atoms with Crippen LogP contribution in [0.2, 0.25) is 15.1 Å². The molecule has 8 aromatic rings. The number of benzene rings is 4. The van der Waals surface area contributed by atoms with Crippen LogP contribution in [0.3, 0.4) is 0 Å². The van der Waals surface area contributed by atoms with Gasteiger partial charge in [0, 0.05) is 162 Å². The number of aromatic nitrogens is 4. The second-order valence-electron chi connectivity index (χ2n) is 26.1. The summed E-state index contributed by atoms with van der Waals surface area (Å²) >= 11 is 18.7. The van der Waals surface area contributed by atoms with Crippen LogP contribution in [0.15, 0.2) is 97.6 Å². The van der Waals surface area contributed by atoms with Gasteiger partial charge in [0.05, 0.1) is 16.3 Å². The van der Waals surface area contributed by atoms with E-state index in [1.54, 1.807) is 33.7 Å². The van der Waals surface area contributed by atoms with Crippen molar-refractivity contribution in [2.75, 3.05) is 76.1 Å². The molecule has 16 nitrogen and oxygen atoms in total. The lowest BCUT2D eigenvalue weighted by Gasteiger charge is -2.36. The lowest BCUT2D eigenvalue weighted by molar-refractivity contribution is -0.129. The molecule has 2 saturated carbocycles. The number of hydrogen-bond acceptors (Lipinski definition) is 8. The number of amides is 1. The van der Waals surface area contributed by atoms with E-state index in [-0.39, 0.29) is 22.2 Å². The van der Waals surface area contributed by atoms with Crippen LogP contribution in [0, 0.1) is 0 Å². The van der Waals surface area contributed by atoms with Gasteiger partial charge in [-0.15, -0.1) is 0 Å². The molecule has 1 amide bonds. The van der Waals surface area contributed by atoms with Crippen LogP contribution >= 0.6 is 34.8 Å². The first-order chi connectivity index (χ1) is 43.7. The number of piperazine rings is 1. The van der Waals surface area contributed by atoms with E-state index in [9.17, 15) is 30.0 Å². The summed E-state index contributed by atoms with van der Waals surface area (Å²) in [5, 5.41) is 6.59. The Morgan fingerprint density at radius 2 is 0.879 bits per heavy atom. The van der Waals surface area contributed by atoms with Crippen molar-refractivity contribution in [1.29, 1.82) is 0 Å². The predicted octanol–water partition coefficient (Wildman–Crippen LogP) is 15.2. The zero-order valence-electron chi connectivity index (χ0n) is 53.0. The smallest absolute Gasteiger partial charge is 0.219 e. The van der Waals surface area contributed by atoms with E-state index >= 15 is 0 Å². The minimum atomic E-state index is -3.14. The van der Waals surface area contributed by atoms with Crippen LogP contribution in [0.4, 0.5) is 5.69 Å². The fraction of sp³-hybridized carbons (Fsp3) is 0.522. The Morgan fingerprint density at radius 3 is 1.30 bits per heavy atom. The first-order valence-electron chi connectivity index (χ1n) is 33.0. The first kappa shape index (κ1) is 67.3. The number of piperidine rings is 3. The Kier molecular flexibility index (Phi) is 21.7. The number of hydrogen-bond donors (Lipinski definition) is 4. The van der Waals surface area contributed by atoms with Crippen molar-refractivity contribution in [1.82, 2.24) is 37.8 Å². The molecule has 6 aliphatic rings. The zero-order valence-corrected chi connectivity index (χ0v) is 57.8. The molecule has 4 aromatic heterocycles. The Balaban J connectivity index is 0.000000125. The largest absolute Gasteiger partial charge is 0.367 e. The SMILES string of the molecule is CC(=O)N1CCN(c2cc(C3CCCC3)cc3[nH]ccc23)CC1.CC(C)S(=O)(=O)N1CCC(c2cc(Cl)cc3[nH]ccc23)CC1.CCCS(=O)(=O)N1CCC(c2cc(Cl)cc3[nH]ccc23)CC1.O=S(=O)(C1CCCC1)N1CCC(c2cc(Cl)cc3[nH]ccc23)CC1. The lowest BCUT2D eigenvalue weighted by Crippen LogP contribution is -2.48. The summed E-state index contributed by atoms with van der Waals surface area (Å²) in [7, 11) is -9.33. The quantitative estimate of drug-likeness (QED) is 0.0926. The number of aromatic amines is 4. The molecule has 4 aromatic carbocycles. The van der Waals surface area contributed by atoms with Crippen LogP contribution in [-0.4, -0.2) is 151 Å². The highest BCUT2D eigenvalue weighted by atomic mass is 35.5. The molecule has 91 heavy (non-hydrogen) atoms. The molecule has 4 N–H and O–H groups in total. The number of nitrogens with zero attached hydrogens (tertiary/aromatic N) is 5. The van der Waals surface area contributed by atoms with E-state index in [0.717, 1.165) is 128 Å². The molecule has 6 fully saturated rings. The summed E-state index contributed by atoms with van der Waals surface area (Å²) in [5.74, 6) is 2.26. The molecular weight excluding hydrogens is 1270 g/mol. The van der Waals surface area contributed by atoms with Crippen LogP contribution in [0.1, 0.15) is 170 Å². The molecule has 0 atom stereocenters. The Labute approximate surface area is 553 Å². The maximum Gasteiger partial charge on any atom is 0.219 e. The second kappa shape index (κ2) is 29.3. The van der Waals surface area contributed by atoms with Crippen LogP contribution in [-0.2, 0) is 34.9 Å². The van der Waals surface area contributed by atoms with Crippen molar-refractivity contribution in [3.05, 3.63) is 135 Å². The molecule has 492 valence electrons. The minimum Gasteiger partial charge on any atom is -0.367 e. The summed E-state index contributed by atoms with van der Waals surface area (Å²) in [6, 6.07) is 25.1. The molecule has 4 saturated heterocycles. The molecule has 8 heterocycles. The average Bonchev–Trinajstić information content (AvgIpc) is 1.83. The van der Waals surface area contributed by atoms with Gasteiger partial charge in [-0.1, -0.05) is 67.4 Å². The van der Waals surface area contributed by atoms with E-state index in [4.69, 9.17) is 34.8 Å². The molecule has 4 aliphatic heterocycles. The number of anilines is 1. The van der Waals surface area contributed by atoms with Gasteiger partial charge in [-0.3, -0.25) is 4.79 Å². The van der Waals surface area contributed by atoms with Crippen LogP contribution in [0.25, 0.3) is 43.6 Å². The maximum atomic E-state index is 12.8. The first-order valence-corrected chi connectivity index (χ1v) is 38.8. The van der Waals surface area contributed by atoms with E-state index in [1.165, 1.54) is 80.7 Å². The minimum absolute atomic E-state index is 0.142. The number of H-pyrrole nitrogens is 4. The van der Waals surface area contributed by atoms with Gasteiger partial charge in [0.2, 0.25) is 36.0 Å². The predicted molar refractivity (Wildman–Crippen MR) is 374 cm³/mol. The van der Waals surface area contributed by atoms with Crippen molar-refractivity contribution >= 4 is 120 Å². The molecule has 14 rings (SSSR count). The second-order valence-corrected chi connectivity index (χ2v) is 34.2. The van der Waals surface area contributed by atoms with Gasteiger partial charge in [-0.05, 0) is 203 Å². The third-order valence-electron chi connectivity index (χ3n) is 20.1. The molecule has 0 spiro atoms. The number of rotatable bonds is 12. The van der Waals surface area contributed by atoms with Gasteiger partial charge in [0.1, 0.15) is 0 Å². The monoisotopic (exact) mass is 1360 g/mol. The number of halogens is 3. The van der Waals surface area contributed by atoms with E-state index in [0.29, 0.717) is 63.4 Å². The van der Waals surface area contributed by atoms with Gasteiger partial charge in [0.25, 0.3) is 0 Å². The fourth-order valence-electron chi connectivity index (χ4n) is 15.0. The highest BCUT2D eigenvalue weighted by molar-refractivity contribution is 7.90. The van der Waals surface area contributed by atoms with Gasteiger partial charge < -0.3 is 29.7 Å². The average molecular weight is 1360 g/mol. The fourth-order valence-corrected chi connectivity index (χ4v) is 20.7. The van der Waals surface area contributed by atoms with Crippen molar-refractivity contribution < 1.29 is 30.0 Å². The topological polar surface area (TPSA) is 199 Å². The summed E-state index contributed by atoms with van der Waals surface area (Å²) in [6.45, 7) is 14.2. The summed E-state index contributed by atoms with van der Waals surface area (Å²) < 4.78 is 79.3. The van der Waals surface area contributed by atoms with Crippen LogP contribution in [0.5, 0.6) is 0 Å². The zero-order chi connectivity index (χ0) is 64.2. The Hall–Kier alpha value is -5.09. The van der Waals surface area contributed by atoms with Crippen molar-refractivity contribution in [2.45, 2.75) is 158 Å². The molecule has 22 heteroatoms. The number of nitrogens with one attached hydrogen (secondary N) is 4. The third kappa shape index (κ3) is 15.4. The van der Waals surface area contributed by atoms with Crippen LogP contribution < -0.4 is 4.90 Å². The highest BCUT2D eigenvalue weighted by Crippen LogP contribution is 2.42. The Morgan fingerprint density at radius 1 is 0.484 bits per heavy atom. The van der Waals surface area contributed by atoms with Crippen molar-refractivity contribution in [2.24, 2.45) is 0 Å². The summed E-state index contributed by atoms with van der Waals surface area (Å²) in [5.41, 5.74) is 10.9. The summed E-state index contributed by atoms with van der Waals surface area (Å²) in [4.78, 5) is 29.0. The summed E-state index contributed by atoms with van der Waals surface area (Å²) in [6.07, 6.45) is 22.7. The van der Waals surface area contributed by atoms with Gasteiger partial charge in [0.15, 0.2) is 0 Å². The highest BCUT2D eigenvalue weighted by Gasteiger charge is 2.37. The number of carbonyl (C=O) groups is 1. The van der Waals surface area contributed by atoms with E-state index in [2.05, 4.69) is 61.2 Å². The maximum absolute atomic E-state index is 12.8. The molecule has 2 aliphatic carbocycles. The molecule has 0 radical (unpaired) electrons. The van der Waals surface area contributed by atoms with Gasteiger partial charge >= 0.3 is 0 Å². The number of carbonyl (C=O) groups excluding carboxylic acids is 1. The third-order valence-corrected chi connectivity index (χ3v) is 27.5. The standard InChI is InChI=1S/C19H25N3O.C18H23ClN2O2S.2C16H21ClN2O2S/c1-14(23)21-8-10-22(11-9-21)19-13-16(15-4-2-3-5-15)12-18-17(19)6-7-20-18;19-14-11-17(16-5-8-20-18(16)12-14)13-6-9-21(10-7-13)24(22,23)15-3-1-2-4-15;1-11(2)22(20,21)19-7-4-12(5-8-19)15-9-13(17)10-16-14(15)3-6-18-16;1-2-9-22(20,21)19-7-4-12(5-8-19)15-10-13(17)11-16-14(15)3-6-18-16/h6-7,12-13,15,20H,2-5,8-11H2,1H3;5,8,11-13,15,20H,1-4,6-7,9-10H2;3,6,9-12,18H,4-5,7-8H2,1-2H3;3,6,10-12,18H,2,4-5,7-9H2,1H3. The van der Waals surface area contributed by atoms with Crippen molar-refractivity contribution in [3.8, 4) is 0 Å². The Bertz CT molecular complexity index is 4140. The van der Waals surface area contributed by atoms with E-state index < -0.39 is 30.1 Å². The lowest BCUT2D eigenvalue weighted by atomic mass is 9.88.